The topological polar surface area (TPSA) is 63.6 Å². The third-order valence-electron chi connectivity index (χ3n) is 0.799. The zero-order valence-electron chi connectivity index (χ0n) is 9.78. The van der Waals surface area contributed by atoms with Crippen molar-refractivity contribution in [3.63, 3.8) is 0 Å². The number of carboxylic acids is 1. The van der Waals surface area contributed by atoms with Gasteiger partial charge in [-0.3, -0.25) is 0 Å². The Balaban J connectivity index is -0.000000181. The number of rotatable bonds is 3. The van der Waals surface area contributed by atoms with Crippen LogP contribution in [0.15, 0.2) is 43.7 Å². The van der Waals surface area contributed by atoms with Gasteiger partial charge in [-0.25, -0.2) is 9.59 Å². The Morgan fingerprint density at radius 2 is 1.75 bits per heavy atom. The van der Waals surface area contributed by atoms with Gasteiger partial charge < -0.3 is 9.84 Å². The Morgan fingerprint density at radius 1 is 1.44 bits per heavy atom. The highest BCUT2D eigenvalue weighted by Crippen LogP contribution is 1.89. The van der Waals surface area contributed by atoms with Crippen LogP contribution in [0.5, 0.6) is 0 Å². The zero-order chi connectivity index (χ0) is 13.6. The van der Waals surface area contributed by atoms with Gasteiger partial charge >= 0.3 is 11.9 Å². The van der Waals surface area contributed by atoms with Crippen LogP contribution in [-0.4, -0.2) is 23.7 Å². The second-order valence-corrected chi connectivity index (χ2v) is 2.29. The average molecular weight is 226 g/mol. The molecule has 4 heteroatoms. The molecule has 0 rings (SSSR count). The summed E-state index contributed by atoms with van der Waals surface area (Å²) in [5, 5.41) is 7.60. The lowest BCUT2D eigenvalue weighted by atomic mass is 10.4. The van der Waals surface area contributed by atoms with Crippen LogP contribution in [0.1, 0.15) is 13.8 Å². The summed E-state index contributed by atoms with van der Waals surface area (Å²) in [6, 6.07) is 0. The highest BCUT2D eigenvalue weighted by Gasteiger charge is 1.98. The van der Waals surface area contributed by atoms with E-state index >= 15 is 0 Å². The van der Waals surface area contributed by atoms with Crippen LogP contribution in [0, 0.1) is 0 Å². The predicted molar refractivity (Wildman–Crippen MR) is 64.0 cm³/mol. The van der Waals surface area contributed by atoms with Gasteiger partial charge in [0.25, 0.3) is 0 Å². The van der Waals surface area contributed by atoms with E-state index in [1.54, 1.807) is 13.8 Å². The molecule has 0 aromatic heterocycles. The molecule has 90 valence electrons. The molecule has 0 fully saturated rings. The van der Waals surface area contributed by atoms with Crippen LogP contribution in [-0.2, 0) is 14.3 Å². The lowest BCUT2D eigenvalue weighted by Gasteiger charge is -1.96. The highest BCUT2D eigenvalue weighted by molar-refractivity contribution is 5.86. The lowest BCUT2D eigenvalue weighted by Crippen LogP contribution is -2.03. The number of carbonyl (C=O) groups excluding carboxylic acids is 1. The van der Waals surface area contributed by atoms with Crippen molar-refractivity contribution < 1.29 is 19.4 Å². The Labute approximate surface area is 96.2 Å². The second-order valence-electron chi connectivity index (χ2n) is 2.29. The smallest absolute Gasteiger partial charge is 0.333 e. The van der Waals surface area contributed by atoms with Gasteiger partial charge in [0.1, 0.15) is 0 Å². The molecule has 0 saturated carbocycles. The van der Waals surface area contributed by atoms with Crippen molar-refractivity contribution in [1.82, 2.24) is 0 Å². The second kappa shape index (κ2) is 15.4. The van der Waals surface area contributed by atoms with E-state index in [4.69, 9.17) is 5.11 Å². The number of aliphatic carboxylic acids is 1. The highest BCUT2D eigenvalue weighted by atomic mass is 16.5. The first-order valence-electron chi connectivity index (χ1n) is 4.34. The zero-order valence-corrected chi connectivity index (χ0v) is 9.78. The number of carboxylic acid groups (broad SMARTS) is 1. The minimum Gasteiger partial charge on any atom is -0.478 e. The maximum absolute atomic E-state index is 10.4. The summed E-state index contributed by atoms with van der Waals surface area (Å²) in [6.45, 7) is 16.4. The van der Waals surface area contributed by atoms with Crippen LogP contribution >= 0.6 is 0 Å². The van der Waals surface area contributed by atoms with Crippen LogP contribution in [0.2, 0.25) is 0 Å². The minimum absolute atomic E-state index is 0.312. The quantitative estimate of drug-likeness (QED) is 0.456. The van der Waals surface area contributed by atoms with Crippen LogP contribution < -0.4 is 0 Å². The van der Waals surface area contributed by atoms with Crippen molar-refractivity contribution >= 4 is 11.9 Å². The molecule has 1 N–H and O–H groups in total. The van der Waals surface area contributed by atoms with E-state index in [0.717, 1.165) is 6.08 Å². The Kier molecular flexibility index (Phi) is 18.8. The van der Waals surface area contributed by atoms with Crippen molar-refractivity contribution in [2.75, 3.05) is 6.61 Å². The Morgan fingerprint density at radius 3 is 1.81 bits per heavy atom. The number of carbonyl (C=O) groups is 2. The van der Waals surface area contributed by atoms with Gasteiger partial charge in [-0.2, -0.15) is 0 Å². The SMILES string of the molecule is C=C(C)C(=O)OCC.C=C=C.C=CC(=O)O. The molecule has 0 amide bonds. The van der Waals surface area contributed by atoms with Crippen molar-refractivity contribution in [3.8, 4) is 0 Å². The summed E-state index contributed by atoms with van der Waals surface area (Å²) < 4.78 is 4.56. The molecule has 4 nitrogen and oxygen atoms in total. The maximum atomic E-state index is 10.4. The van der Waals surface area contributed by atoms with Gasteiger partial charge in [0.2, 0.25) is 0 Å². The molecule has 0 unspecified atom stereocenters. The van der Waals surface area contributed by atoms with E-state index in [-0.39, 0.29) is 5.97 Å². The van der Waals surface area contributed by atoms with E-state index in [9.17, 15) is 9.59 Å². The molecule has 0 heterocycles. The molecule has 0 radical (unpaired) electrons. The first-order chi connectivity index (χ1) is 7.37. The molecular weight excluding hydrogens is 208 g/mol. The number of ether oxygens (including phenoxy) is 1. The average Bonchev–Trinajstić information content (AvgIpc) is 2.20. The number of hydrogen-bond donors (Lipinski definition) is 1. The van der Waals surface area contributed by atoms with Crippen molar-refractivity contribution in [1.29, 1.82) is 0 Å². The summed E-state index contributed by atoms with van der Waals surface area (Å²) in [4.78, 5) is 19.7. The third-order valence-corrected chi connectivity index (χ3v) is 0.799. The Bertz CT molecular complexity index is 271. The van der Waals surface area contributed by atoms with Gasteiger partial charge in [0.15, 0.2) is 0 Å². The van der Waals surface area contributed by atoms with E-state index in [0.29, 0.717) is 12.2 Å². The molecule has 0 atom stereocenters. The van der Waals surface area contributed by atoms with Crippen molar-refractivity contribution in [2.45, 2.75) is 13.8 Å². The van der Waals surface area contributed by atoms with Gasteiger partial charge in [-0.15, -0.1) is 5.73 Å². The molecule has 0 aromatic rings. The normalized spacial score (nSPS) is 6.62. The van der Waals surface area contributed by atoms with Gasteiger partial charge in [0.05, 0.1) is 6.61 Å². The third kappa shape index (κ3) is 29.7. The molecule has 0 aliphatic rings. The maximum Gasteiger partial charge on any atom is 0.333 e. The van der Waals surface area contributed by atoms with E-state index in [1.807, 2.05) is 0 Å². The fraction of sp³-hybridized carbons (Fsp3) is 0.250. The minimum atomic E-state index is -0.981. The molecule has 0 aliphatic carbocycles. The Hall–Kier alpha value is -2.06. The van der Waals surface area contributed by atoms with Gasteiger partial charge in [-0.1, -0.05) is 26.3 Å². The monoisotopic (exact) mass is 226 g/mol. The number of esters is 1. The van der Waals surface area contributed by atoms with Crippen LogP contribution in [0.4, 0.5) is 0 Å². The summed E-state index contributed by atoms with van der Waals surface area (Å²) in [5.41, 5.74) is 2.70. The molecule has 0 spiro atoms. The van der Waals surface area contributed by atoms with Crippen molar-refractivity contribution in [3.05, 3.63) is 43.7 Å². The van der Waals surface area contributed by atoms with Crippen molar-refractivity contribution in [2.24, 2.45) is 0 Å². The lowest BCUT2D eigenvalue weighted by molar-refractivity contribution is -0.138. The molecular formula is C12H18O4. The summed E-state index contributed by atoms with van der Waals surface area (Å²) >= 11 is 0. The molecule has 0 bridgehead atoms. The largest absolute Gasteiger partial charge is 0.478 e. The predicted octanol–water partition coefficient (Wildman–Crippen LogP) is 2.34. The summed E-state index contributed by atoms with van der Waals surface area (Å²) in [6.07, 6.45) is 0.833. The molecule has 0 aromatic carbocycles. The van der Waals surface area contributed by atoms with Crippen LogP contribution in [0.25, 0.3) is 0 Å². The molecule has 16 heavy (non-hydrogen) atoms. The van der Waals surface area contributed by atoms with E-state index < -0.39 is 5.97 Å². The first-order valence-corrected chi connectivity index (χ1v) is 4.34. The standard InChI is InChI=1S/C6H10O2.C3H4O2.C3H4/c1-4-8-6(7)5(2)3;1-2-3(4)5;1-3-2/h2,4H2,1,3H3;2H,1H2,(H,4,5);1-2H2. The fourth-order valence-corrected chi connectivity index (χ4v) is 0.254. The van der Waals surface area contributed by atoms with Gasteiger partial charge in [0, 0.05) is 11.6 Å². The fourth-order valence-electron chi connectivity index (χ4n) is 0.254. The molecule has 0 saturated heterocycles. The molecule has 0 aliphatic heterocycles. The summed E-state index contributed by atoms with van der Waals surface area (Å²) in [5.74, 6) is -1.29. The number of hydrogen-bond acceptors (Lipinski definition) is 3. The van der Waals surface area contributed by atoms with Crippen LogP contribution in [0.3, 0.4) is 0 Å². The van der Waals surface area contributed by atoms with Gasteiger partial charge in [-0.05, 0) is 13.8 Å². The summed E-state index contributed by atoms with van der Waals surface area (Å²) in [7, 11) is 0. The first kappa shape index (κ1) is 19.5. The van der Waals surface area contributed by atoms with E-state index in [1.165, 1.54) is 0 Å². The van der Waals surface area contributed by atoms with E-state index in [2.05, 4.69) is 36.8 Å².